The van der Waals surface area contributed by atoms with Crippen LogP contribution in [0.5, 0.6) is 11.5 Å². The molecule has 0 N–H and O–H groups in total. The maximum absolute atomic E-state index is 12.7. The molecule has 178 valence electrons. The van der Waals surface area contributed by atoms with Gasteiger partial charge >= 0.3 is 18.1 Å². The maximum Gasteiger partial charge on any atom is 0.422 e. The molecule has 2 aromatic rings. The van der Waals surface area contributed by atoms with Gasteiger partial charge < -0.3 is 14.2 Å². The van der Waals surface area contributed by atoms with Crippen LogP contribution in [0.3, 0.4) is 0 Å². The van der Waals surface area contributed by atoms with E-state index in [0.29, 0.717) is 17.1 Å². The van der Waals surface area contributed by atoms with Gasteiger partial charge in [0.25, 0.3) is 0 Å². The van der Waals surface area contributed by atoms with Gasteiger partial charge in [0, 0.05) is 11.6 Å². The van der Waals surface area contributed by atoms with E-state index in [1.807, 2.05) is 24.3 Å². The minimum Gasteiger partial charge on any atom is -0.457 e. The van der Waals surface area contributed by atoms with Gasteiger partial charge in [0.15, 0.2) is 6.61 Å². The Balaban J connectivity index is 1.63. The molecule has 3 atom stereocenters. The Morgan fingerprint density at radius 2 is 1.79 bits per heavy atom. The van der Waals surface area contributed by atoms with Gasteiger partial charge in [-0.3, -0.25) is 4.79 Å². The third-order valence-electron chi connectivity index (χ3n) is 5.47. The van der Waals surface area contributed by atoms with Crippen molar-refractivity contribution in [1.82, 2.24) is 0 Å². The SMILES string of the molecule is CC1(C)[C@H](C(=O)O[C@H](C#N)c2cccc(Oc3ccccc3)c2)[C@@H]1/C=C\C(=O)OCC(F)(F)F. The Hall–Kier alpha value is -3.80. The van der Waals surface area contributed by atoms with E-state index in [1.54, 1.807) is 50.2 Å². The summed E-state index contributed by atoms with van der Waals surface area (Å²) in [4.78, 5) is 24.2. The van der Waals surface area contributed by atoms with Crippen LogP contribution in [0.1, 0.15) is 25.5 Å². The van der Waals surface area contributed by atoms with E-state index in [0.717, 1.165) is 6.08 Å². The summed E-state index contributed by atoms with van der Waals surface area (Å²) in [5, 5.41) is 9.57. The highest BCUT2D eigenvalue weighted by Gasteiger charge is 2.61. The number of halogens is 3. The third kappa shape index (κ3) is 6.38. The average Bonchev–Trinajstić information content (AvgIpc) is 3.35. The zero-order chi connectivity index (χ0) is 24.9. The predicted octanol–water partition coefficient (Wildman–Crippen LogP) is 5.52. The van der Waals surface area contributed by atoms with Gasteiger partial charge in [0.05, 0.1) is 5.92 Å². The molecule has 34 heavy (non-hydrogen) atoms. The van der Waals surface area contributed by atoms with Gasteiger partial charge in [-0.2, -0.15) is 18.4 Å². The largest absolute Gasteiger partial charge is 0.457 e. The summed E-state index contributed by atoms with van der Waals surface area (Å²) in [7, 11) is 0. The fourth-order valence-electron chi connectivity index (χ4n) is 3.59. The lowest BCUT2D eigenvalue weighted by Crippen LogP contribution is -2.19. The second-order valence-corrected chi connectivity index (χ2v) is 8.34. The van der Waals surface area contributed by atoms with Gasteiger partial charge in [0.1, 0.15) is 17.6 Å². The molecule has 0 bridgehead atoms. The van der Waals surface area contributed by atoms with Crippen LogP contribution < -0.4 is 4.74 Å². The van der Waals surface area contributed by atoms with Crippen LogP contribution in [0.25, 0.3) is 0 Å². The van der Waals surface area contributed by atoms with Crippen molar-refractivity contribution >= 4 is 11.9 Å². The normalized spacial score (nSPS) is 19.6. The molecule has 0 radical (unpaired) electrons. The number of ether oxygens (including phenoxy) is 3. The van der Waals surface area contributed by atoms with Crippen molar-refractivity contribution in [3.05, 3.63) is 72.3 Å². The van der Waals surface area contributed by atoms with Crippen LogP contribution in [0.15, 0.2) is 66.7 Å². The number of benzene rings is 2. The highest BCUT2D eigenvalue weighted by Crippen LogP contribution is 2.59. The summed E-state index contributed by atoms with van der Waals surface area (Å²) in [6, 6.07) is 17.6. The van der Waals surface area contributed by atoms with E-state index in [4.69, 9.17) is 9.47 Å². The molecule has 6 nitrogen and oxygen atoms in total. The van der Waals surface area contributed by atoms with Crippen molar-refractivity contribution in [2.24, 2.45) is 17.3 Å². The van der Waals surface area contributed by atoms with Crippen molar-refractivity contribution in [1.29, 1.82) is 5.26 Å². The number of hydrogen-bond acceptors (Lipinski definition) is 6. The second-order valence-electron chi connectivity index (χ2n) is 8.34. The van der Waals surface area contributed by atoms with Crippen LogP contribution >= 0.6 is 0 Å². The zero-order valence-electron chi connectivity index (χ0n) is 18.4. The average molecular weight is 473 g/mol. The van der Waals surface area contributed by atoms with E-state index < -0.39 is 48.1 Å². The van der Waals surface area contributed by atoms with Gasteiger partial charge in [-0.1, -0.05) is 50.3 Å². The number of carbonyl (C=O) groups is 2. The molecule has 0 saturated heterocycles. The minimum atomic E-state index is -4.62. The monoisotopic (exact) mass is 473 g/mol. The smallest absolute Gasteiger partial charge is 0.422 e. The Morgan fingerprint density at radius 3 is 2.44 bits per heavy atom. The topological polar surface area (TPSA) is 85.6 Å². The molecule has 1 aliphatic carbocycles. The molecular formula is C25H22F3NO5. The first-order valence-corrected chi connectivity index (χ1v) is 10.4. The number of para-hydroxylation sites is 1. The van der Waals surface area contributed by atoms with Crippen molar-refractivity contribution in [2.75, 3.05) is 6.61 Å². The Bertz CT molecular complexity index is 1110. The summed E-state index contributed by atoms with van der Waals surface area (Å²) >= 11 is 0. The van der Waals surface area contributed by atoms with Crippen LogP contribution in [-0.4, -0.2) is 24.7 Å². The number of nitrogens with zero attached hydrogens (tertiary/aromatic N) is 1. The molecule has 0 aliphatic heterocycles. The molecular weight excluding hydrogens is 451 g/mol. The summed E-state index contributed by atoms with van der Waals surface area (Å²) in [5.74, 6) is -1.86. The molecule has 0 heterocycles. The fourth-order valence-corrected chi connectivity index (χ4v) is 3.59. The van der Waals surface area contributed by atoms with Crippen LogP contribution in [0, 0.1) is 28.6 Å². The quantitative estimate of drug-likeness (QED) is 0.371. The standard InChI is InChI=1S/C25H22F3NO5/c1-24(2)19(11-12-21(30)32-15-25(26,27)28)22(24)23(31)34-20(14-29)16-7-6-10-18(13-16)33-17-8-4-3-5-9-17/h3-13,19-20,22H,15H2,1-2H3/b12-11-/t19-,20+,22-/m0/s1. The Labute approximate surface area is 194 Å². The lowest BCUT2D eigenvalue weighted by atomic mass is 10.1. The summed E-state index contributed by atoms with van der Waals surface area (Å²) in [6.45, 7) is 1.82. The molecule has 2 aromatic carbocycles. The van der Waals surface area contributed by atoms with Crippen LogP contribution in [0.4, 0.5) is 13.2 Å². The summed E-state index contributed by atoms with van der Waals surface area (Å²) in [6.07, 6.45) is -3.60. The summed E-state index contributed by atoms with van der Waals surface area (Å²) < 4.78 is 51.7. The lowest BCUT2D eigenvalue weighted by Gasteiger charge is -2.13. The number of allylic oxidation sites excluding steroid dienone is 1. The highest BCUT2D eigenvalue weighted by molar-refractivity contribution is 5.83. The summed E-state index contributed by atoms with van der Waals surface area (Å²) in [5.41, 5.74) is -0.179. The number of nitriles is 1. The van der Waals surface area contributed by atoms with Gasteiger partial charge in [-0.15, -0.1) is 0 Å². The van der Waals surface area contributed by atoms with Gasteiger partial charge in [-0.25, -0.2) is 4.79 Å². The Kier molecular flexibility index (Phi) is 7.30. The molecule has 1 aliphatic rings. The first kappa shape index (κ1) is 24.8. The molecule has 0 spiro atoms. The van der Waals surface area contributed by atoms with Gasteiger partial charge in [-0.05, 0) is 35.6 Å². The lowest BCUT2D eigenvalue weighted by molar-refractivity contribution is -0.182. The van der Waals surface area contributed by atoms with Crippen molar-refractivity contribution < 1.29 is 37.0 Å². The third-order valence-corrected chi connectivity index (χ3v) is 5.47. The Morgan fingerprint density at radius 1 is 1.12 bits per heavy atom. The van der Waals surface area contributed by atoms with E-state index in [9.17, 15) is 28.0 Å². The molecule has 0 aromatic heterocycles. The molecule has 0 amide bonds. The second kappa shape index (κ2) is 10.00. The first-order chi connectivity index (χ1) is 16.0. The molecule has 1 saturated carbocycles. The number of rotatable bonds is 8. The van der Waals surface area contributed by atoms with E-state index in [2.05, 4.69) is 4.74 Å². The highest BCUT2D eigenvalue weighted by atomic mass is 19.4. The zero-order valence-corrected chi connectivity index (χ0v) is 18.4. The molecule has 1 fully saturated rings. The van der Waals surface area contributed by atoms with Crippen LogP contribution in [-0.2, 0) is 19.1 Å². The minimum absolute atomic E-state index is 0.422. The van der Waals surface area contributed by atoms with E-state index in [-0.39, 0.29) is 0 Å². The maximum atomic E-state index is 12.7. The van der Waals surface area contributed by atoms with E-state index in [1.165, 1.54) is 6.08 Å². The van der Waals surface area contributed by atoms with Crippen molar-refractivity contribution in [3.8, 4) is 17.6 Å². The number of carbonyl (C=O) groups excluding carboxylic acids is 2. The van der Waals surface area contributed by atoms with Crippen molar-refractivity contribution in [3.63, 3.8) is 0 Å². The molecule has 0 unspecified atom stereocenters. The number of esters is 2. The van der Waals surface area contributed by atoms with Crippen LogP contribution in [0.2, 0.25) is 0 Å². The van der Waals surface area contributed by atoms with Crippen molar-refractivity contribution in [2.45, 2.75) is 26.1 Å². The number of alkyl halides is 3. The van der Waals surface area contributed by atoms with E-state index >= 15 is 0 Å². The van der Waals surface area contributed by atoms with Gasteiger partial charge in [0.2, 0.25) is 6.10 Å². The predicted molar refractivity (Wildman–Crippen MR) is 114 cm³/mol. The fraction of sp³-hybridized carbons (Fsp3) is 0.320. The first-order valence-electron chi connectivity index (χ1n) is 10.4. The number of hydrogen-bond donors (Lipinski definition) is 0. The molecule has 3 rings (SSSR count). The molecule has 9 heteroatoms.